The summed E-state index contributed by atoms with van der Waals surface area (Å²) in [4.78, 5) is 0.215. The summed E-state index contributed by atoms with van der Waals surface area (Å²) in [6, 6.07) is 4.46. The van der Waals surface area contributed by atoms with Gasteiger partial charge >= 0.3 is 0 Å². The first-order chi connectivity index (χ1) is 8.36. The highest BCUT2D eigenvalue weighted by Crippen LogP contribution is 2.25. The number of hydrogen-bond acceptors (Lipinski definition) is 3. The largest absolute Gasteiger partial charge is 0.240 e. The monoisotopic (exact) mass is 371 g/mol. The number of nitrogens with one attached hydrogen (secondary N) is 1. The topological polar surface area (TPSA) is 46.2 Å². The molecule has 1 unspecified atom stereocenters. The summed E-state index contributed by atoms with van der Waals surface area (Å²) >= 11 is 10.8. The Kier molecular flexibility index (Phi) is 6.47. The van der Waals surface area contributed by atoms with Gasteiger partial charge in [-0.1, -0.05) is 18.5 Å². The van der Waals surface area contributed by atoms with Crippen molar-refractivity contribution in [3.63, 3.8) is 0 Å². The lowest BCUT2D eigenvalue weighted by Crippen LogP contribution is -2.34. The van der Waals surface area contributed by atoms with Crippen LogP contribution in [0.2, 0.25) is 5.02 Å². The standard InChI is InChI=1S/C11H15BrClNO2S2/c1-3-17-7-8(2)14-18(15,16)9-4-5-11(13)10(12)6-9/h4-6,8,14H,3,7H2,1-2H3. The number of hydrogen-bond donors (Lipinski definition) is 1. The van der Waals surface area contributed by atoms with Gasteiger partial charge in [0.1, 0.15) is 0 Å². The molecule has 0 heterocycles. The van der Waals surface area contributed by atoms with Crippen LogP contribution in [0, 0.1) is 0 Å². The SMILES string of the molecule is CCSCC(C)NS(=O)(=O)c1ccc(Cl)c(Br)c1. The molecule has 0 radical (unpaired) electrons. The second-order valence-corrected chi connectivity index (χ2v) is 8.05. The number of thioether (sulfide) groups is 1. The average molecular weight is 373 g/mol. The van der Waals surface area contributed by atoms with Crippen molar-refractivity contribution in [3.8, 4) is 0 Å². The molecule has 0 saturated heterocycles. The molecule has 3 nitrogen and oxygen atoms in total. The first-order valence-corrected chi connectivity index (χ1v) is 9.23. The number of halogens is 2. The zero-order chi connectivity index (χ0) is 13.8. The summed E-state index contributed by atoms with van der Waals surface area (Å²) in [5, 5.41) is 0.489. The number of sulfonamides is 1. The molecule has 0 aliphatic rings. The van der Waals surface area contributed by atoms with E-state index >= 15 is 0 Å². The van der Waals surface area contributed by atoms with Crippen molar-refractivity contribution in [2.24, 2.45) is 0 Å². The predicted molar refractivity (Wildman–Crippen MR) is 81.9 cm³/mol. The van der Waals surface area contributed by atoms with Crippen molar-refractivity contribution in [1.29, 1.82) is 0 Å². The Morgan fingerprint density at radius 1 is 1.50 bits per heavy atom. The minimum atomic E-state index is -3.48. The molecule has 1 N–H and O–H groups in total. The van der Waals surface area contributed by atoms with Crippen molar-refractivity contribution in [2.45, 2.75) is 24.8 Å². The molecule has 1 aromatic rings. The third-order valence-electron chi connectivity index (χ3n) is 2.13. The second-order valence-electron chi connectivity index (χ2n) is 3.76. The van der Waals surface area contributed by atoms with Gasteiger partial charge in [0.2, 0.25) is 10.0 Å². The van der Waals surface area contributed by atoms with Crippen molar-refractivity contribution in [3.05, 3.63) is 27.7 Å². The van der Waals surface area contributed by atoms with E-state index in [0.29, 0.717) is 9.50 Å². The Labute approximate surface area is 126 Å². The molecular formula is C11H15BrClNO2S2. The maximum absolute atomic E-state index is 12.1. The second kappa shape index (κ2) is 7.14. The molecule has 1 aromatic carbocycles. The molecule has 0 aliphatic heterocycles. The lowest BCUT2D eigenvalue weighted by atomic mass is 10.4. The van der Waals surface area contributed by atoms with E-state index < -0.39 is 10.0 Å². The molecule has 1 rings (SSSR count). The molecule has 0 bridgehead atoms. The van der Waals surface area contributed by atoms with Gasteiger partial charge in [-0.2, -0.15) is 11.8 Å². The Morgan fingerprint density at radius 2 is 2.17 bits per heavy atom. The summed E-state index contributed by atoms with van der Waals surface area (Å²) < 4.78 is 27.4. The van der Waals surface area contributed by atoms with Crippen molar-refractivity contribution in [1.82, 2.24) is 4.72 Å². The van der Waals surface area contributed by atoms with Gasteiger partial charge in [0, 0.05) is 16.3 Å². The van der Waals surface area contributed by atoms with Crippen LogP contribution in [-0.4, -0.2) is 26.0 Å². The Bertz CT molecular complexity index is 508. The maximum atomic E-state index is 12.1. The molecule has 0 aliphatic carbocycles. The van der Waals surface area contributed by atoms with Crippen LogP contribution in [0.3, 0.4) is 0 Å². The van der Waals surface area contributed by atoms with Gasteiger partial charge in [0.25, 0.3) is 0 Å². The molecule has 0 aromatic heterocycles. The van der Waals surface area contributed by atoms with Crippen molar-refractivity contribution in [2.75, 3.05) is 11.5 Å². The predicted octanol–water partition coefficient (Wildman–Crippen LogP) is 3.52. The smallest absolute Gasteiger partial charge is 0.208 e. The Balaban J connectivity index is 2.83. The molecule has 0 amide bonds. The lowest BCUT2D eigenvalue weighted by Gasteiger charge is -2.13. The summed E-state index contributed by atoms with van der Waals surface area (Å²) in [5.74, 6) is 1.73. The fraction of sp³-hybridized carbons (Fsp3) is 0.455. The summed E-state index contributed by atoms with van der Waals surface area (Å²) in [7, 11) is -3.48. The molecule has 0 spiro atoms. The van der Waals surface area contributed by atoms with Crippen LogP contribution in [0.1, 0.15) is 13.8 Å². The number of benzene rings is 1. The highest BCUT2D eigenvalue weighted by molar-refractivity contribution is 9.10. The van der Waals surface area contributed by atoms with Gasteiger partial charge in [-0.15, -0.1) is 0 Å². The van der Waals surface area contributed by atoms with Gasteiger partial charge in [-0.05, 0) is 46.8 Å². The highest BCUT2D eigenvalue weighted by Gasteiger charge is 2.18. The van der Waals surface area contributed by atoms with E-state index in [1.807, 2.05) is 13.8 Å². The van der Waals surface area contributed by atoms with Crippen LogP contribution in [0.15, 0.2) is 27.6 Å². The van der Waals surface area contributed by atoms with E-state index in [9.17, 15) is 8.42 Å². The van der Waals surface area contributed by atoms with Crippen LogP contribution in [0.25, 0.3) is 0 Å². The fourth-order valence-electron chi connectivity index (χ4n) is 1.31. The van der Waals surface area contributed by atoms with Gasteiger partial charge in [0.05, 0.1) is 9.92 Å². The van der Waals surface area contributed by atoms with Crippen LogP contribution in [0.5, 0.6) is 0 Å². The number of rotatable bonds is 6. The normalized spacial score (nSPS) is 13.6. The van der Waals surface area contributed by atoms with Crippen LogP contribution in [0.4, 0.5) is 0 Å². The van der Waals surface area contributed by atoms with Crippen molar-refractivity contribution < 1.29 is 8.42 Å². The van der Waals surface area contributed by atoms with Crippen LogP contribution in [-0.2, 0) is 10.0 Å². The fourth-order valence-corrected chi connectivity index (χ4v) is 4.00. The first-order valence-electron chi connectivity index (χ1n) is 5.42. The van der Waals surface area contributed by atoms with E-state index in [4.69, 9.17) is 11.6 Å². The molecule has 102 valence electrons. The van der Waals surface area contributed by atoms with E-state index in [1.54, 1.807) is 17.8 Å². The van der Waals surface area contributed by atoms with Crippen LogP contribution >= 0.6 is 39.3 Å². The molecule has 1 atom stereocenters. The average Bonchev–Trinajstić information content (AvgIpc) is 2.29. The summed E-state index contributed by atoms with van der Waals surface area (Å²) in [6.45, 7) is 3.90. The van der Waals surface area contributed by atoms with Crippen molar-refractivity contribution >= 4 is 49.3 Å². The Morgan fingerprint density at radius 3 is 2.72 bits per heavy atom. The minimum absolute atomic E-state index is 0.102. The zero-order valence-electron chi connectivity index (χ0n) is 10.1. The Hall–Kier alpha value is 0.250. The van der Waals surface area contributed by atoms with Gasteiger partial charge < -0.3 is 0 Å². The maximum Gasteiger partial charge on any atom is 0.240 e. The third-order valence-corrected chi connectivity index (χ3v) is 6.07. The molecule has 0 saturated carbocycles. The first kappa shape index (κ1) is 16.3. The van der Waals surface area contributed by atoms with Crippen LogP contribution < -0.4 is 4.72 Å². The van der Waals surface area contributed by atoms with E-state index in [1.165, 1.54) is 12.1 Å². The quantitative estimate of drug-likeness (QED) is 0.831. The van der Waals surface area contributed by atoms with Gasteiger partial charge in [-0.25, -0.2) is 13.1 Å². The minimum Gasteiger partial charge on any atom is -0.208 e. The van der Waals surface area contributed by atoms with E-state index in [-0.39, 0.29) is 10.9 Å². The van der Waals surface area contributed by atoms with Gasteiger partial charge in [0.15, 0.2) is 0 Å². The van der Waals surface area contributed by atoms with Gasteiger partial charge in [-0.3, -0.25) is 0 Å². The zero-order valence-corrected chi connectivity index (χ0v) is 14.1. The molecular weight excluding hydrogens is 358 g/mol. The third kappa shape index (κ3) is 4.74. The summed E-state index contributed by atoms with van der Waals surface area (Å²) in [6.07, 6.45) is 0. The summed E-state index contributed by atoms with van der Waals surface area (Å²) in [5.41, 5.74) is 0. The molecule has 7 heteroatoms. The molecule has 0 fully saturated rings. The van der Waals surface area contributed by atoms with E-state index in [0.717, 1.165) is 11.5 Å². The molecule has 18 heavy (non-hydrogen) atoms. The highest BCUT2D eigenvalue weighted by atomic mass is 79.9. The lowest BCUT2D eigenvalue weighted by molar-refractivity contribution is 0.571. The van der Waals surface area contributed by atoms with E-state index in [2.05, 4.69) is 20.7 Å².